The predicted octanol–water partition coefficient (Wildman–Crippen LogP) is 0.317. The average molecular weight is 197 g/mol. The molecule has 0 fully saturated rings. The van der Waals surface area contributed by atoms with Gasteiger partial charge in [-0.3, -0.25) is 14.5 Å². The van der Waals surface area contributed by atoms with Crippen LogP contribution in [0.5, 0.6) is 0 Å². The van der Waals surface area contributed by atoms with Gasteiger partial charge in [0.2, 0.25) is 0 Å². The summed E-state index contributed by atoms with van der Waals surface area (Å²) in [6, 6.07) is -0.468. The normalized spacial score (nSPS) is 20.8. The molecule has 1 N–H and O–H groups in total. The van der Waals surface area contributed by atoms with Crippen molar-refractivity contribution in [2.75, 3.05) is 0 Å². The van der Waals surface area contributed by atoms with Gasteiger partial charge < -0.3 is 5.11 Å². The Kier molecular flexibility index (Phi) is 3.06. The molecular formula is C10H15NO3. The minimum atomic E-state index is -0.678. The molecular weight excluding hydrogens is 182 g/mol. The molecule has 2 atom stereocenters. The van der Waals surface area contributed by atoms with Gasteiger partial charge in [0, 0.05) is 12.2 Å². The summed E-state index contributed by atoms with van der Waals surface area (Å²) < 4.78 is 0. The summed E-state index contributed by atoms with van der Waals surface area (Å²) in [5.41, 5.74) is 0. The highest BCUT2D eigenvalue weighted by Gasteiger charge is 2.33. The maximum atomic E-state index is 11.3. The summed E-state index contributed by atoms with van der Waals surface area (Å²) in [5.74, 6) is -0.671. The van der Waals surface area contributed by atoms with Crippen molar-refractivity contribution in [3.05, 3.63) is 12.2 Å². The highest BCUT2D eigenvalue weighted by molar-refractivity contribution is 6.13. The Balaban J connectivity index is 2.75. The lowest BCUT2D eigenvalue weighted by molar-refractivity contribution is -0.142. The fourth-order valence-corrected chi connectivity index (χ4v) is 1.52. The Labute approximate surface area is 83.2 Å². The smallest absolute Gasteiger partial charge is 0.253 e. The summed E-state index contributed by atoms with van der Waals surface area (Å²) in [7, 11) is 0. The molecule has 4 heteroatoms. The lowest BCUT2D eigenvalue weighted by Gasteiger charge is -2.29. The number of hydrogen-bond donors (Lipinski definition) is 1. The third-order valence-electron chi connectivity index (χ3n) is 2.43. The van der Waals surface area contributed by atoms with E-state index >= 15 is 0 Å². The molecule has 1 rings (SSSR count). The van der Waals surface area contributed by atoms with Gasteiger partial charge in [-0.2, -0.15) is 0 Å². The molecule has 0 saturated carbocycles. The Bertz CT molecular complexity index is 265. The Morgan fingerprint density at radius 3 is 1.93 bits per heavy atom. The van der Waals surface area contributed by atoms with Crippen LogP contribution in [0.15, 0.2) is 12.2 Å². The van der Waals surface area contributed by atoms with Crippen LogP contribution in [0.2, 0.25) is 0 Å². The van der Waals surface area contributed by atoms with Crippen LogP contribution in [-0.4, -0.2) is 34.0 Å². The second-order valence-corrected chi connectivity index (χ2v) is 3.86. The number of hydrogen-bond acceptors (Lipinski definition) is 3. The van der Waals surface area contributed by atoms with Crippen molar-refractivity contribution >= 4 is 11.8 Å². The fraction of sp³-hybridized carbons (Fsp3) is 0.600. The van der Waals surface area contributed by atoms with Crippen molar-refractivity contribution in [2.24, 2.45) is 5.92 Å². The van der Waals surface area contributed by atoms with Crippen LogP contribution in [0.1, 0.15) is 20.8 Å². The second-order valence-electron chi connectivity index (χ2n) is 3.86. The highest BCUT2D eigenvalue weighted by Crippen LogP contribution is 2.16. The number of aliphatic hydroxyl groups excluding tert-OH is 1. The van der Waals surface area contributed by atoms with Crippen molar-refractivity contribution in [1.82, 2.24) is 4.90 Å². The molecule has 1 heterocycles. The zero-order valence-electron chi connectivity index (χ0n) is 8.60. The molecule has 0 bridgehead atoms. The predicted molar refractivity (Wildman–Crippen MR) is 51.3 cm³/mol. The Morgan fingerprint density at radius 2 is 1.57 bits per heavy atom. The van der Waals surface area contributed by atoms with E-state index in [1.165, 1.54) is 12.2 Å². The minimum absolute atomic E-state index is 0.0196. The summed E-state index contributed by atoms with van der Waals surface area (Å²) in [6.45, 7) is 5.37. The quantitative estimate of drug-likeness (QED) is 0.663. The molecule has 1 aliphatic rings. The van der Waals surface area contributed by atoms with Crippen LogP contribution in [0.3, 0.4) is 0 Å². The van der Waals surface area contributed by atoms with Crippen LogP contribution >= 0.6 is 0 Å². The minimum Gasteiger partial charge on any atom is -0.391 e. The monoisotopic (exact) mass is 197 g/mol. The van der Waals surface area contributed by atoms with Crippen LogP contribution in [0.25, 0.3) is 0 Å². The summed E-state index contributed by atoms with van der Waals surface area (Å²) >= 11 is 0. The number of carbonyl (C=O) groups excluding carboxylic acids is 2. The van der Waals surface area contributed by atoms with Crippen molar-refractivity contribution < 1.29 is 14.7 Å². The fourth-order valence-electron chi connectivity index (χ4n) is 1.52. The highest BCUT2D eigenvalue weighted by atomic mass is 16.3. The molecule has 14 heavy (non-hydrogen) atoms. The van der Waals surface area contributed by atoms with Crippen LogP contribution in [0.4, 0.5) is 0 Å². The molecule has 2 amide bonds. The van der Waals surface area contributed by atoms with E-state index in [1.807, 2.05) is 13.8 Å². The second kappa shape index (κ2) is 3.92. The van der Waals surface area contributed by atoms with E-state index in [4.69, 9.17) is 0 Å². The van der Waals surface area contributed by atoms with Crippen molar-refractivity contribution in [1.29, 1.82) is 0 Å². The molecule has 1 aliphatic heterocycles. The van der Waals surface area contributed by atoms with Gasteiger partial charge >= 0.3 is 0 Å². The summed E-state index contributed by atoms with van der Waals surface area (Å²) in [4.78, 5) is 23.6. The third kappa shape index (κ3) is 1.85. The number of nitrogens with zero attached hydrogens (tertiary/aromatic N) is 1. The number of rotatable bonds is 3. The lowest BCUT2D eigenvalue weighted by Crippen LogP contribution is -2.46. The molecule has 0 radical (unpaired) electrons. The molecule has 0 aromatic heterocycles. The maximum Gasteiger partial charge on any atom is 0.253 e. The van der Waals surface area contributed by atoms with Gasteiger partial charge in [-0.15, -0.1) is 0 Å². The zero-order valence-corrected chi connectivity index (χ0v) is 8.60. The van der Waals surface area contributed by atoms with Gasteiger partial charge in [-0.25, -0.2) is 0 Å². The van der Waals surface area contributed by atoms with Crippen molar-refractivity contribution in [2.45, 2.75) is 32.9 Å². The van der Waals surface area contributed by atoms with E-state index < -0.39 is 12.1 Å². The third-order valence-corrected chi connectivity index (χ3v) is 2.43. The van der Waals surface area contributed by atoms with Gasteiger partial charge in [-0.1, -0.05) is 13.8 Å². The van der Waals surface area contributed by atoms with Crippen LogP contribution < -0.4 is 0 Å². The van der Waals surface area contributed by atoms with E-state index in [2.05, 4.69) is 0 Å². The standard InChI is InChI=1S/C10H15NO3/c1-6(2)10(14)7(3)11-8(12)4-5-9(11)13/h4-7,10,14H,1-3H3. The summed E-state index contributed by atoms with van der Waals surface area (Å²) in [6.07, 6.45) is 1.78. The van der Waals surface area contributed by atoms with Gasteiger partial charge in [0.05, 0.1) is 12.1 Å². The molecule has 78 valence electrons. The van der Waals surface area contributed by atoms with Crippen LogP contribution in [-0.2, 0) is 9.59 Å². The lowest BCUT2D eigenvalue weighted by atomic mass is 10.00. The Morgan fingerprint density at radius 1 is 1.14 bits per heavy atom. The van der Waals surface area contributed by atoms with E-state index in [9.17, 15) is 14.7 Å². The van der Waals surface area contributed by atoms with Gasteiger partial charge in [-0.05, 0) is 12.8 Å². The molecule has 0 aromatic rings. The largest absolute Gasteiger partial charge is 0.391 e. The molecule has 2 unspecified atom stereocenters. The van der Waals surface area contributed by atoms with E-state index in [-0.39, 0.29) is 17.7 Å². The topological polar surface area (TPSA) is 57.6 Å². The van der Waals surface area contributed by atoms with Crippen molar-refractivity contribution in [3.8, 4) is 0 Å². The number of carbonyl (C=O) groups is 2. The maximum absolute atomic E-state index is 11.3. The molecule has 0 aromatic carbocycles. The molecule has 0 aliphatic carbocycles. The molecule has 0 spiro atoms. The van der Waals surface area contributed by atoms with E-state index in [0.717, 1.165) is 4.90 Å². The molecule has 4 nitrogen and oxygen atoms in total. The number of aliphatic hydroxyl groups is 1. The van der Waals surface area contributed by atoms with E-state index in [1.54, 1.807) is 6.92 Å². The van der Waals surface area contributed by atoms with E-state index in [0.29, 0.717) is 0 Å². The number of amides is 2. The summed E-state index contributed by atoms with van der Waals surface area (Å²) in [5, 5.41) is 9.72. The van der Waals surface area contributed by atoms with Crippen molar-refractivity contribution in [3.63, 3.8) is 0 Å². The first-order valence-corrected chi connectivity index (χ1v) is 4.68. The number of imide groups is 1. The van der Waals surface area contributed by atoms with Gasteiger partial charge in [0.15, 0.2) is 0 Å². The van der Waals surface area contributed by atoms with Gasteiger partial charge in [0.1, 0.15) is 0 Å². The zero-order chi connectivity index (χ0) is 10.9. The van der Waals surface area contributed by atoms with Gasteiger partial charge in [0.25, 0.3) is 11.8 Å². The molecule has 0 saturated heterocycles. The van der Waals surface area contributed by atoms with Crippen LogP contribution in [0, 0.1) is 5.92 Å². The first-order chi connectivity index (χ1) is 6.45. The first kappa shape index (κ1) is 10.9. The first-order valence-electron chi connectivity index (χ1n) is 4.68. The average Bonchev–Trinajstić information content (AvgIpc) is 2.44. The SMILES string of the molecule is CC(C)C(O)C(C)N1C(=O)C=CC1=O. The Hall–Kier alpha value is -1.16.